The number of nitrogens with zero attached hydrogens (tertiary/aromatic N) is 3. The molecule has 5 nitrogen and oxygen atoms in total. The molecule has 0 aliphatic rings. The average Bonchev–Trinajstić information content (AvgIpc) is 2.85. The summed E-state index contributed by atoms with van der Waals surface area (Å²) in [4.78, 5) is 11.8. The molecule has 0 N–H and O–H groups in total. The molecule has 0 atom stereocenters. The van der Waals surface area contributed by atoms with Crippen molar-refractivity contribution in [1.29, 1.82) is 0 Å². The largest absolute Gasteiger partial charge is 0.423 e. The van der Waals surface area contributed by atoms with Crippen molar-refractivity contribution >= 4 is 38.7 Å². The first-order chi connectivity index (χ1) is 11.1. The van der Waals surface area contributed by atoms with Gasteiger partial charge in [0.25, 0.3) is 0 Å². The Labute approximate surface area is 145 Å². The number of aryl methyl sites for hydroxylation is 1. The van der Waals surface area contributed by atoms with Crippen LogP contribution in [0.5, 0.6) is 0 Å². The van der Waals surface area contributed by atoms with Crippen molar-refractivity contribution < 1.29 is 4.42 Å². The standard InChI is InChI=1S/C16H14BrN3O2S/c1-3-6-20-10(2)18-19-16(20)23-9-11-7-15(21)22-14-8-12(17)4-5-13(11)14/h3-5,7-8H,1,6,9H2,2H3. The molecule has 0 saturated carbocycles. The van der Waals surface area contributed by atoms with Gasteiger partial charge in [0, 0.05) is 28.2 Å². The zero-order valence-electron chi connectivity index (χ0n) is 12.5. The molecule has 0 fully saturated rings. The van der Waals surface area contributed by atoms with Crippen LogP contribution in [0.2, 0.25) is 0 Å². The predicted molar refractivity (Wildman–Crippen MR) is 94.7 cm³/mol. The summed E-state index contributed by atoms with van der Waals surface area (Å²) in [6.45, 7) is 6.32. The fraction of sp³-hybridized carbons (Fsp3) is 0.188. The Bertz CT molecular complexity index is 933. The number of aromatic nitrogens is 3. The van der Waals surface area contributed by atoms with E-state index in [0.717, 1.165) is 26.4 Å². The first-order valence-corrected chi connectivity index (χ1v) is 8.72. The van der Waals surface area contributed by atoms with Gasteiger partial charge in [-0.25, -0.2) is 4.79 Å². The molecule has 0 aliphatic carbocycles. The molecule has 7 heteroatoms. The number of thioether (sulfide) groups is 1. The number of halogens is 1. The molecule has 2 aromatic heterocycles. The lowest BCUT2D eigenvalue weighted by atomic mass is 10.1. The number of hydrogen-bond acceptors (Lipinski definition) is 5. The Hall–Kier alpha value is -1.86. The van der Waals surface area contributed by atoms with Crippen LogP contribution >= 0.6 is 27.7 Å². The minimum absolute atomic E-state index is 0.352. The van der Waals surface area contributed by atoms with Gasteiger partial charge in [-0.1, -0.05) is 33.8 Å². The van der Waals surface area contributed by atoms with Crippen molar-refractivity contribution in [3.8, 4) is 0 Å². The highest BCUT2D eigenvalue weighted by Gasteiger charge is 2.11. The second-order valence-electron chi connectivity index (χ2n) is 4.95. The third-order valence-corrected chi connectivity index (χ3v) is 4.87. The number of hydrogen-bond donors (Lipinski definition) is 0. The lowest BCUT2D eigenvalue weighted by Crippen LogP contribution is -2.02. The quantitative estimate of drug-likeness (QED) is 0.374. The number of rotatable bonds is 5. The molecule has 0 aliphatic heterocycles. The van der Waals surface area contributed by atoms with Crippen LogP contribution in [0.15, 0.2) is 55.8 Å². The summed E-state index contributed by atoms with van der Waals surface area (Å²) in [6.07, 6.45) is 1.81. The van der Waals surface area contributed by atoms with E-state index in [0.29, 0.717) is 17.9 Å². The highest BCUT2D eigenvalue weighted by Crippen LogP contribution is 2.27. The van der Waals surface area contributed by atoms with Gasteiger partial charge in [0.15, 0.2) is 5.16 Å². The van der Waals surface area contributed by atoms with Gasteiger partial charge in [-0.05, 0) is 30.7 Å². The van der Waals surface area contributed by atoms with Crippen LogP contribution in [-0.4, -0.2) is 14.8 Å². The molecule has 3 aromatic rings. The van der Waals surface area contributed by atoms with Crippen LogP contribution in [-0.2, 0) is 12.3 Å². The smallest absolute Gasteiger partial charge is 0.336 e. The first kappa shape index (κ1) is 16.0. The normalized spacial score (nSPS) is 11.0. The summed E-state index contributed by atoms with van der Waals surface area (Å²) in [5, 5.41) is 10.0. The van der Waals surface area contributed by atoms with Crippen molar-refractivity contribution in [2.45, 2.75) is 24.4 Å². The van der Waals surface area contributed by atoms with Crippen LogP contribution in [0.1, 0.15) is 11.4 Å². The Morgan fingerprint density at radius 3 is 3.00 bits per heavy atom. The molecule has 0 unspecified atom stereocenters. The van der Waals surface area contributed by atoms with E-state index in [1.807, 2.05) is 29.7 Å². The molecule has 0 bridgehead atoms. The van der Waals surface area contributed by atoms with Gasteiger partial charge in [0.1, 0.15) is 11.4 Å². The average molecular weight is 392 g/mol. The van der Waals surface area contributed by atoms with Crippen LogP contribution < -0.4 is 5.63 Å². The molecule has 118 valence electrons. The minimum Gasteiger partial charge on any atom is -0.423 e. The topological polar surface area (TPSA) is 60.9 Å². The highest BCUT2D eigenvalue weighted by molar-refractivity contribution is 9.10. The third-order valence-electron chi connectivity index (χ3n) is 3.36. The molecular formula is C16H14BrN3O2S. The second-order valence-corrected chi connectivity index (χ2v) is 6.81. The van der Waals surface area contributed by atoms with Gasteiger partial charge < -0.3 is 8.98 Å². The maximum absolute atomic E-state index is 11.8. The van der Waals surface area contributed by atoms with E-state index >= 15 is 0 Å². The Kier molecular flexibility index (Phi) is 4.68. The maximum Gasteiger partial charge on any atom is 0.336 e. The Morgan fingerprint density at radius 2 is 2.22 bits per heavy atom. The van der Waals surface area contributed by atoms with Crippen molar-refractivity contribution in [2.24, 2.45) is 0 Å². The van der Waals surface area contributed by atoms with Crippen LogP contribution in [0.3, 0.4) is 0 Å². The summed E-state index contributed by atoms with van der Waals surface area (Å²) in [5.41, 5.74) is 1.14. The van der Waals surface area contributed by atoms with E-state index in [2.05, 4.69) is 32.7 Å². The molecule has 23 heavy (non-hydrogen) atoms. The van der Waals surface area contributed by atoms with E-state index in [-0.39, 0.29) is 5.63 Å². The molecule has 0 saturated heterocycles. The van der Waals surface area contributed by atoms with Crippen LogP contribution in [0.25, 0.3) is 11.0 Å². The fourth-order valence-electron chi connectivity index (χ4n) is 2.27. The lowest BCUT2D eigenvalue weighted by molar-refractivity contribution is 0.559. The molecule has 0 amide bonds. The van der Waals surface area contributed by atoms with Crippen molar-refractivity contribution in [3.63, 3.8) is 0 Å². The SMILES string of the molecule is C=CCn1c(C)nnc1SCc1cc(=O)oc2cc(Br)ccc12. The van der Waals surface area contributed by atoms with E-state index in [1.54, 1.807) is 6.07 Å². The van der Waals surface area contributed by atoms with Crippen molar-refractivity contribution in [3.05, 3.63) is 63.2 Å². The van der Waals surface area contributed by atoms with Gasteiger partial charge >= 0.3 is 5.63 Å². The lowest BCUT2D eigenvalue weighted by Gasteiger charge is -2.07. The molecular weight excluding hydrogens is 378 g/mol. The summed E-state index contributed by atoms with van der Waals surface area (Å²) < 4.78 is 8.12. The van der Waals surface area contributed by atoms with E-state index < -0.39 is 0 Å². The number of benzene rings is 1. The summed E-state index contributed by atoms with van der Waals surface area (Å²) in [5.74, 6) is 1.45. The van der Waals surface area contributed by atoms with Crippen LogP contribution in [0.4, 0.5) is 0 Å². The van der Waals surface area contributed by atoms with E-state index in [1.165, 1.54) is 17.8 Å². The number of allylic oxidation sites excluding steroid dienone is 1. The van der Waals surface area contributed by atoms with Crippen molar-refractivity contribution in [1.82, 2.24) is 14.8 Å². The zero-order chi connectivity index (χ0) is 16.4. The van der Waals surface area contributed by atoms with Crippen LogP contribution in [0, 0.1) is 6.92 Å². The highest BCUT2D eigenvalue weighted by atomic mass is 79.9. The molecule has 2 heterocycles. The van der Waals surface area contributed by atoms with Gasteiger partial charge in [0.05, 0.1) is 0 Å². The van der Waals surface area contributed by atoms with Gasteiger partial charge in [-0.2, -0.15) is 0 Å². The third kappa shape index (κ3) is 3.40. The summed E-state index contributed by atoms with van der Waals surface area (Å²) in [6, 6.07) is 7.21. The van der Waals surface area contributed by atoms with E-state index in [9.17, 15) is 4.79 Å². The van der Waals surface area contributed by atoms with Gasteiger partial charge in [-0.15, -0.1) is 16.8 Å². The Morgan fingerprint density at radius 1 is 1.39 bits per heavy atom. The zero-order valence-corrected chi connectivity index (χ0v) is 14.9. The molecule has 0 spiro atoms. The molecule has 3 rings (SSSR count). The summed E-state index contributed by atoms with van der Waals surface area (Å²) >= 11 is 4.93. The molecule has 0 radical (unpaired) electrons. The Balaban J connectivity index is 1.93. The first-order valence-electron chi connectivity index (χ1n) is 6.94. The molecule has 1 aromatic carbocycles. The van der Waals surface area contributed by atoms with Crippen molar-refractivity contribution in [2.75, 3.05) is 0 Å². The fourth-order valence-corrected chi connectivity index (χ4v) is 3.60. The second kappa shape index (κ2) is 6.72. The predicted octanol–water partition coefficient (Wildman–Crippen LogP) is 3.93. The maximum atomic E-state index is 11.8. The minimum atomic E-state index is -0.352. The van der Waals surface area contributed by atoms with Gasteiger partial charge in [-0.3, -0.25) is 0 Å². The van der Waals surface area contributed by atoms with E-state index in [4.69, 9.17) is 4.42 Å². The number of fused-ring (bicyclic) bond motifs is 1. The summed E-state index contributed by atoms with van der Waals surface area (Å²) in [7, 11) is 0. The van der Waals surface area contributed by atoms with Gasteiger partial charge in [0.2, 0.25) is 0 Å². The monoisotopic (exact) mass is 391 g/mol.